The second-order valence-corrected chi connectivity index (χ2v) is 5.57. The lowest BCUT2D eigenvalue weighted by molar-refractivity contribution is 0.141. The molecule has 1 atom stereocenters. The summed E-state index contributed by atoms with van der Waals surface area (Å²) in [5, 5.41) is 0.500. The average Bonchev–Trinajstić information content (AvgIpc) is 2.94. The topological polar surface area (TPSA) is 51.0 Å². The van der Waals surface area contributed by atoms with Crippen molar-refractivity contribution >= 4 is 17.3 Å². The van der Waals surface area contributed by atoms with Crippen LogP contribution in [0.4, 0.5) is 0 Å². The number of fused-ring (bicyclic) bond motifs is 1. The molecule has 5 nitrogen and oxygen atoms in total. The van der Waals surface area contributed by atoms with Crippen molar-refractivity contribution in [1.82, 2.24) is 9.80 Å². The molecule has 1 aromatic rings. The summed E-state index contributed by atoms with van der Waals surface area (Å²) in [5.74, 6) is 1.68. The Morgan fingerprint density at radius 2 is 1.90 bits per heavy atom. The highest BCUT2D eigenvalue weighted by molar-refractivity contribution is 7.80. The summed E-state index contributed by atoms with van der Waals surface area (Å²) in [6, 6.07) is 6.52. The second kappa shape index (κ2) is 5.46. The molecule has 2 aliphatic rings. The molecule has 0 aromatic heterocycles. The highest BCUT2D eigenvalue weighted by Gasteiger charge is 2.24. The fraction of sp³-hybridized carbons (Fsp3) is 0.500. The molecule has 108 valence electrons. The van der Waals surface area contributed by atoms with Gasteiger partial charge in [-0.2, -0.15) is 0 Å². The van der Waals surface area contributed by atoms with Crippen molar-refractivity contribution in [2.75, 3.05) is 33.0 Å². The molecule has 6 heteroatoms. The first kappa shape index (κ1) is 13.5. The number of rotatable bonds is 2. The first-order valence-electron chi connectivity index (χ1n) is 6.83. The van der Waals surface area contributed by atoms with Gasteiger partial charge in [-0.1, -0.05) is 6.07 Å². The molecule has 1 aromatic carbocycles. The minimum atomic E-state index is 0.319. The number of ether oxygens (including phenoxy) is 2. The fourth-order valence-electron chi connectivity index (χ4n) is 2.71. The van der Waals surface area contributed by atoms with Crippen LogP contribution < -0.4 is 15.2 Å². The van der Waals surface area contributed by atoms with E-state index in [1.54, 1.807) is 0 Å². The monoisotopic (exact) mass is 293 g/mol. The Bertz CT molecular complexity index is 515. The predicted octanol–water partition coefficient (Wildman–Crippen LogP) is 1.34. The summed E-state index contributed by atoms with van der Waals surface area (Å²) < 4.78 is 10.8. The van der Waals surface area contributed by atoms with Crippen molar-refractivity contribution in [3.8, 4) is 11.5 Å². The summed E-state index contributed by atoms with van der Waals surface area (Å²) in [6.45, 7) is 6.25. The van der Waals surface area contributed by atoms with Crippen molar-refractivity contribution in [2.24, 2.45) is 5.73 Å². The molecule has 2 heterocycles. The van der Waals surface area contributed by atoms with Gasteiger partial charge in [0.1, 0.15) is 0 Å². The van der Waals surface area contributed by atoms with Crippen LogP contribution in [0.2, 0.25) is 0 Å². The van der Waals surface area contributed by atoms with Crippen LogP contribution in [0.3, 0.4) is 0 Å². The van der Waals surface area contributed by atoms with Gasteiger partial charge in [0, 0.05) is 32.2 Å². The molecule has 20 heavy (non-hydrogen) atoms. The van der Waals surface area contributed by atoms with Gasteiger partial charge in [0.25, 0.3) is 0 Å². The molecule has 2 N–H and O–H groups in total. The normalized spacial score (nSPS) is 19.9. The molecule has 2 aliphatic heterocycles. The highest BCUT2D eigenvalue weighted by atomic mass is 32.1. The molecule has 0 spiro atoms. The Morgan fingerprint density at radius 1 is 1.20 bits per heavy atom. The van der Waals surface area contributed by atoms with E-state index in [1.165, 1.54) is 5.56 Å². The lowest BCUT2D eigenvalue weighted by Gasteiger charge is -2.38. The van der Waals surface area contributed by atoms with E-state index in [9.17, 15) is 0 Å². The quantitative estimate of drug-likeness (QED) is 0.831. The first-order valence-corrected chi connectivity index (χ1v) is 7.24. The summed E-state index contributed by atoms with van der Waals surface area (Å²) in [7, 11) is 0. The molecular formula is C14H19N3O2S. The van der Waals surface area contributed by atoms with E-state index in [1.807, 2.05) is 6.07 Å². The predicted molar refractivity (Wildman–Crippen MR) is 80.9 cm³/mol. The van der Waals surface area contributed by atoms with E-state index in [0.717, 1.165) is 37.7 Å². The molecular weight excluding hydrogens is 274 g/mol. The van der Waals surface area contributed by atoms with E-state index < -0.39 is 0 Å². The van der Waals surface area contributed by atoms with E-state index in [2.05, 4.69) is 28.9 Å². The number of piperazine rings is 1. The minimum absolute atomic E-state index is 0.319. The lowest BCUT2D eigenvalue weighted by atomic mass is 10.1. The van der Waals surface area contributed by atoms with Crippen LogP contribution in [-0.2, 0) is 0 Å². The first-order chi connectivity index (χ1) is 9.65. The zero-order chi connectivity index (χ0) is 14.1. The SMILES string of the molecule is C[C@@H](c1ccc2c(c1)OCO2)N1CCN(C(N)=S)CC1. The molecule has 0 unspecified atom stereocenters. The summed E-state index contributed by atoms with van der Waals surface area (Å²) >= 11 is 5.02. The Kier molecular flexibility index (Phi) is 3.67. The fourth-order valence-corrected chi connectivity index (χ4v) is 2.90. The molecule has 1 saturated heterocycles. The maximum atomic E-state index is 5.67. The van der Waals surface area contributed by atoms with Crippen molar-refractivity contribution in [3.63, 3.8) is 0 Å². The Labute approximate surface area is 124 Å². The molecule has 0 radical (unpaired) electrons. The standard InChI is InChI=1S/C14H19N3O2S/c1-10(16-4-6-17(7-5-16)14(15)20)11-2-3-12-13(8-11)19-9-18-12/h2-3,8,10H,4-7,9H2,1H3,(H2,15,20)/t10-/m0/s1. The van der Waals surface area contributed by atoms with Crippen molar-refractivity contribution in [2.45, 2.75) is 13.0 Å². The van der Waals surface area contributed by atoms with Gasteiger partial charge in [-0.25, -0.2) is 0 Å². The third-order valence-corrected chi connectivity index (χ3v) is 4.31. The molecule has 0 saturated carbocycles. The van der Waals surface area contributed by atoms with Gasteiger partial charge in [0.05, 0.1) is 0 Å². The minimum Gasteiger partial charge on any atom is -0.454 e. The molecule has 0 amide bonds. The zero-order valence-electron chi connectivity index (χ0n) is 11.5. The summed E-state index contributed by atoms with van der Waals surface area (Å²) in [4.78, 5) is 4.49. The van der Waals surface area contributed by atoms with Crippen molar-refractivity contribution in [3.05, 3.63) is 23.8 Å². The maximum absolute atomic E-state index is 5.67. The van der Waals surface area contributed by atoms with E-state index in [0.29, 0.717) is 17.9 Å². The van der Waals surface area contributed by atoms with Crippen molar-refractivity contribution < 1.29 is 9.47 Å². The van der Waals surface area contributed by atoms with Crippen molar-refractivity contribution in [1.29, 1.82) is 0 Å². The number of nitrogens with two attached hydrogens (primary N) is 1. The van der Waals surface area contributed by atoms with Gasteiger partial charge < -0.3 is 20.1 Å². The van der Waals surface area contributed by atoms with Gasteiger partial charge >= 0.3 is 0 Å². The largest absolute Gasteiger partial charge is 0.454 e. The maximum Gasteiger partial charge on any atom is 0.231 e. The van der Waals surface area contributed by atoms with E-state index in [4.69, 9.17) is 27.4 Å². The van der Waals surface area contributed by atoms with E-state index >= 15 is 0 Å². The Hall–Kier alpha value is -1.53. The lowest BCUT2D eigenvalue weighted by Crippen LogP contribution is -2.50. The van der Waals surface area contributed by atoms with E-state index in [-0.39, 0.29) is 0 Å². The second-order valence-electron chi connectivity index (χ2n) is 5.15. The zero-order valence-corrected chi connectivity index (χ0v) is 12.4. The van der Waals surface area contributed by atoms with Crippen LogP contribution in [-0.4, -0.2) is 47.9 Å². The van der Waals surface area contributed by atoms with Gasteiger partial charge in [-0.05, 0) is 36.8 Å². The Balaban J connectivity index is 1.67. The number of thiocarbonyl (C=S) groups is 1. The summed E-state index contributed by atoms with van der Waals surface area (Å²) in [5.41, 5.74) is 6.92. The van der Waals surface area contributed by atoms with Crippen LogP contribution in [0, 0.1) is 0 Å². The summed E-state index contributed by atoms with van der Waals surface area (Å²) in [6.07, 6.45) is 0. The smallest absolute Gasteiger partial charge is 0.231 e. The van der Waals surface area contributed by atoms with Gasteiger partial charge in [-0.3, -0.25) is 4.90 Å². The van der Waals surface area contributed by atoms with Crippen LogP contribution in [0.15, 0.2) is 18.2 Å². The Morgan fingerprint density at radius 3 is 2.60 bits per heavy atom. The van der Waals surface area contributed by atoms with Crippen LogP contribution >= 0.6 is 12.2 Å². The molecule has 0 aliphatic carbocycles. The average molecular weight is 293 g/mol. The van der Waals surface area contributed by atoms with Gasteiger partial charge in [0.15, 0.2) is 16.6 Å². The van der Waals surface area contributed by atoms with Gasteiger partial charge in [0.2, 0.25) is 6.79 Å². The van der Waals surface area contributed by atoms with Crippen LogP contribution in [0.25, 0.3) is 0 Å². The molecule has 0 bridgehead atoms. The number of hydrogen-bond acceptors (Lipinski definition) is 4. The van der Waals surface area contributed by atoms with Gasteiger partial charge in [-0.15, -0.1) is 0 Å². The third kappa shape index (κ3) is 2.53. The number of benzene rings is 1. The van der Waals surface area contributed by atoms with Crippen LogP contribution in [0.1, 0.15) is 18.5 Å². The third-order valence-electron chi connectivity index (χ3n) is 4.05. The molecule has 1 fully saturated rings. The number of hydrogen-bond donors (Lipinski definition) is 1. The molecule has 3 rings (SSSR count). The van der Waals surface area contributed by atoms with Crippen LogP contribution in [0.5, 0.6) is 11.5 Å². The number of nitrogens with zero attached hydrogens (tertiary/aromatic N) is 2. The highest BCUT2D eigenvalue weighted by Crippen LogP contribution is 2.35.